The molecule has 1 N–H and O–H groups in total. The molecule has 2 heterocycles. The molecular formula is C8H5N3O3. The molecule has 6 heteroatoms. The molecule has 0 unspecified atom stereocenters. The third-order valence-electron chi connectivity index (χ3n) is 1.52. The third-order valence-corrected chi connectivity index (χ3v) is 1.52. The number of rotatable bonds is 2. The van der Waals surface area contributed by atoms with Gasteiger partial charge in [0, 0.05) is 12.4 Å². The molecule has 0 aliphatic carbocycles. The summed E-state index contributed by atoms with van der Waals surface area (Å²) in [5, 5.41) is 8.59. The SMILES string of the molecule is O=C(O)c1cnc(-c2ncco2)nc1. The average Bonchev–Trinajstić information content (AvgIpc) is 2.71. The molecule has 0 saturated carbocycles. The van der Waals surface area contributed by atoms with Crippen LogP contribution >= 0.6 is 0 Å². The van der Waals surface area contributed by atoms with E-state index in [1.165, 1.54) is 24.9 Å². The Bertz CT molecular complexity index is 435. The van der Waals surface area contributed by atoms with Crippen LogP contribution in [0.4, 0.5) is 0 Å². The Balaban J connectivity index is 2.36. The minimum absolute atomic E-state index is 0.0281. The molecule has 6 nitrogen and oxygen atoms in total. The molecule has 0 radical (unpaired) electrons. The van der Waals surface area contributed by atoms with Crippen LogP contribution in [0, 0.1) is 0 Å². The van der Waals surface area contributed by atoms with Gasteiger partial charge in [-0.05, 0) is 0 Å². The van der Waals surface area contributed by atoms with Crippen LogP contribution in [0.2, 0.25) is 0 Å². The summed E-state index contributed by atoms with van der Waals surface area (Å²) in [6, 6.07) is 0. The number of carbonyl (C=O) groups is 1. The Morgan fingerprint density at radius 1 is 1.29 bits per heavy atom. The third kappa shape index (κ3) is 1.45. The number of carboxylic acid groups (broad SMARTS) is 1. The van der Waals surface area contributed by atoms with Crippen molar-refractivity contribution in [2.24, 2.45) is 0 Å². The summed E-state index contributed by atoms with van der Waals surface area (Å²) in [6.07, 6.45) is 5.26. The molecule has 0 amide bonds. The van der Waals surface area contributed by atoms with Crippen molar-refractivity contribution in [3.63, 3.8) is 0 Å². The Kier molecular flexibility index (Phi) is 1.94. The van der Waals surface area contributed by atoms with Crippen molar-refractivity contribution in [2.45, 2.75) is 0 Å². The number of hydrogen-bond donors (Lipinski definition) is 1. The molecule has 2 aromatic rings. The topological polar surface area (TPSA) is 89.1 Å². The lowest BCUT2D eigenvalue weighted by Crippen LogP contribution is -1.99. The van der Waals surface area contributed by atoms with Crippen molar-refractivity contribution in [1.29, 1.82) is 0 Å². The Hall–Kier alpha value is -2.24. The zero-order chi connectivity index (χ0) is 9.97. The van der Waals surface area contributed by atoms with Gasteiger partial charge in [0.15, 0.2) is 0 Å². The highest BCUT2D eigenvalue weighted by Crippen LogP contribution is 2.10. The zero-order valence-electron chi connectivity index (χ0n) is 6.91. The fourth-order valence-corrected chi connectivity index (χ4v) is 0.883. The number of oxazole rings is 1. The zero-order valence-corrected chi connectivity index (χ0v) is 6.91. The van der Waals surface area contributed by atoms with Gasteiger partial charge in [-0.3, -0.25) is 0 Å². The van der Waals surface area contributed by atoms with Crippen LogP contribution in [-0.2, 0) is 0 Å². The number of hydrogen-bond acceptors (Lipinski definition) is 5. The normalized spacial score (nSPS) is 10.0. The van der Waals surface area contributed by atoms with E-state index >= 15 is 0 Å². The van der Waals surface area contributed by atoms with Crippen LogP contribution in [0.25, 0.3) is 11.7 Å². The predicted molar refractivity (Wildman–Crippen MR) is 44.5 cm³/mol. The minimum Gasteiger partial charge on any atom is -0.478 e. The van der Waals surface area contributed by atoms with E-state index in [0.717, 1.165) is 0 Å². The summed E-state index contributed by atoms with van der Waals surface area (Å²) in [6.45, 7) is 0. The first-order chi connectivity index (χ1) is 6.77. The van der Waals surface area contributed by atoms with Crippen molar-refractivity contribution in [3.05, 3.63) is 30.4 Å². The quantitative estimate of drug-likeness (QED) is 0.756. The number of carboxylic acids is 1. The van der Waals surface area contributed by atoms with E-state index in [0.29, 0.717) is 0 Å². The molecular weight excluding hydrogens is 186 g/mol. The van der Waals surface area contributed by atoms with Gasteiger partial charge >= 0.3 is 5.97 Å². The summed E-state index contributed by atoms with van der Waals surface area (Å²) in [5.74, 6) is -0.536. The van der Waals surface area contributed by atoms with Crippen molar-refractivity contribution >= 4 is 5.97 Å². The first kappa shape index (κ1) is 8.36. The Morgan fingerprint density at radius 3 is 2.50 bits per heavy atom. The molecule has 14 heavy (non-hydrogen) atoms. The lowest BCUT2D eigenvalue weighted by molar-refractivity contribution is 0.0696. The lowest BCUT2D eigenvalue weighted by Gasteiger charge is -1.94. The van der Waals surface area contributed by atoms with Gasteiger partial charge in [-0.15, -0.1) is 0 Å². The predicted octanol–water partition coefficient (Wildman–Crippen LogP) is 0.830. The highest BCUT2D eigenvalue weighted by molar-refractivity contribution is 5.86. The van der Waals surface area contributed by atoms with Gasteiger partial charge in [0.2, 0.25) is 5.82 Å². The van der Waals surface area contributed by atoms with E-state index in [9.17, 15) is 4.79 Å². The first-order valence-corrected chi connectivity index (χ1v) is 3.72. The molecule has 0 spiro atoms. The lowest BCUT2D eigenvalue weighted by atomic mass is 10.3. The maximum atomic E-state index is 10.5. The summed E-state index contributed by atoms with van der Waals surface area (Å²) >= 11 is 0. The van der Waals surface area contributed by atoms with Gasteiger partial charge in [-0.25, -0.2) is 19.7 Å². The van der Waals surface area contributed by atoms with Crippen LogP contribution in [-0.4, -0.2) is 26.0 Å². The number of aromatic nitrogens is 3. The number of nitrogens with zero attached hydrogens (tertiary/aromatic N) is 3. The summed E-state index contributed by atoms with van der Waals surface area (Å²) < 4.78 is 4.94. The first-order valence-electron chi connectivity index (χ1n) is 3.72. The molecule has 0 aliphatic heterocycles. The van der Waals surface area contributed by atoms with Crippen molar-refractivity contribution in [1.82, 2.24) is 15.0 Å². The van der Waals surface area contributed by atoms with Gasteiger partial charge in [0.1, 0.15) is 6.26 Å². The maximum absolute atomic E-state index is 10.5. The molecule has 0 atom stereocenters. The summed E-state index contributed by atoms with van der Waals surface area (Å²) in [4.78, 5) is 21.9. The number of aromatic carboxylic acids is 1. The molecule has 0 saturated heterocycles. The second kappa shape index (κ2) is 3.25. The molecule has 0 aromatic carbocycles. The molecule has 2 aromatic heterocycles. The second-order valence-electron chi connectivity index (χ2n) is 2.44. The van der Waals surface area contributed by atoms with Gasteiger partial charge in [-0.2, -0.15) is 0 Å². The maximum Gasteiger partial charge on any atom is 0.338 e. The van der Waals surface area contributed by atoms with E-state index in [1.807, 2.05) is 0 Å². The van der Waals surface area contributed by atoms with Gasteiger partial charge in [-0.1, -0.05) is 0 Å². The van der Waals surface area contributed by atoms with Crippen molar-refractivity contribution in [2.75, 3.05) is 0 Å². The van der Waals surface area contributed by atoms with Gasteiger partial charge in [0.25, 0.3) is 5.89 Å². The highest BCUT2D eigenvalue weighted by Gasteiger charge is 2.08. The van der Waals surface area contributed by atoms with Crippen LogP contribution in [0.15, 0.2) is 29.3 Å². The van der Waals surface area contributed by atoms with E-state index < -0.39 is 5.97 Å². The van der Waals surface area contributed by atoms with Crippen LogP contribution in [0.3, 0.4) is 0 Å². The molecule has 2 rings (SSSR count). The monoisotopic (exact) mass is 191 g/mol. The molecule has 0 fully saturated rings. The Morgan fingerprint density at radius 2 is 2.00 bits per heavy atom. The van der Waals surface area contributed by atoms with Gasteiger partial charge < -0.3 is 9.52 Å². The molecule has 70 valence electrons. The minimum atomic E-state index is -1.07. The average molecular weight is 191 g/mol. The van der Waals surface area contributed by atoms with Crippen LogP contribution in [0.1, 0.15) is 10.4 Å². The largest absolute Gasteiger partial charge is 0.478 e. The van der Waals surface area contributed by atoms with Crippen LogP contribution in [0.5, 0.6) is 0 Å². The molecule has 0 bridgehead atoms. The van der Waals surface area contributed by atoms with E-state index in [1.54, 1.807) is 0 Å². The van der Waals surface area contributed by atoms with E-state index in [4.69, 9.17) is 9.52 Å². The standard InChI is InChI=1S/C8H5N3O3/c12-8(13)5-3-10-6(11-4-5)7-9-1-2-14-7/h1-4H,(H,12,13). The van der Waals surface area contributed by atoms with Crippen LogP contribution < -0.4 is 0 Å². The summed E-state index contributed by atoms with van der Waals surface area (Å²) in [5.41, 5.74) is 0.0281. The highest BCUT2D eigenvalue weighted by atomic mass is 16.4. The van der Waals surface area contributed by atoms with Gasteiger partial charge in [0.05, 0.1) is 11.8 Å². The molecule has 0 aliphatic rings. The Labute approximate surface area is 78.3 Å². The second-order valence-corrected chi connectivity index (χ2v) is 2.44. The van der Waals surface area contributed by atoms with E-state index in [-0.39, 0.29) is 17.3 Å². The smallest absolute Gasteiger partial charge is 0.338 e. The van der Waals surface area contributed by atoms with Crippen molar-refractivity contribution in [3.8, 4) is 11.7 Å². The summed E-state index contributed by atoms with van der Waals surface area (Å²) in [7, 11) is 0. The fourth-order valence-electron chi connectivity index (χ4n) is 0.883. The van der Waals surface area contributed by atoms with Crippen molar-refractivity contribution < 1.29 is 14.3 Å². The van der Waals surface area contributed by atoms with E-state index in [2.05, 4.69) is 15.0 Å². The fraction of sp³-hybridized carbons (Fsp3) is 0.